The lowest BCUT2D eigenvalue weighted by molar-refractivity contribution is -0.384. The normalized spacial score (nSPS) is 24.2. The molecule has 0 spiro atoms. The Labute approximate surface area is 168 Å². The molecule has 2 heterocycles. The predicted octanol–water partition coefficient (Wildman–Crippen LogP) is 1.64. The maximum absolute atomic E-state index is 12.6. The molecule has 9 heteroatoms. The third-order valence-corrected chi connectivity index (χ3v) is 5.93. The zero-order chi connectivity index (χ0) is 20.4. The van der Waals surface area contributed by atoms with Crippen LogP contribution < -0.4 is 4.90 Å². The standard InChI is InChI=1S/C20H23N5O4/c1-29-18(26)20(15-3-5-17(6-4-15)25(27)28)13-16(20)14-23-9-11-24(12-10-23)19-21-7-2-8-22-19/h2-8,16H,9-14H2,1H3. The number of carbonyl (C=O) groups is 1. The van der Waals surface area contributed by atoms with Gasteiger partial charge in [-0.25, -0.2) is 9.97 Å². The van der Waals surface area contributed by atoms with Crippen LogP contribution in [0.1, 0.15) is 12.0 Å². The second kappa shape index (κ2) is 7.75. The minimum absolute atomic E-state index is 0.0187. The van der Waals surface area contributed by atoms with E-state index in [0.29, 0.717) is 6.42 Å². The van der Waals surface area contributed by atoms with Gasteiger partial charge in [0.25, 0.3) is 5.69 Å². The van der Waals surface area contributed by atoms with Gasteiger partial charge >= 0.3 is 5.97 Å². The summed E-state index contributed by atoms with van der Waals surface area (Å²) in [5.74, 6) is 0.608. The largest absolute Gasteiger partial charge is 0.468 e. The highest BCUT2D eigenvalue weighted by molar-refractivity contribution is 5.87. The van der Waals surface area contributed by atoms with Gasteiger partial charge in [0, 0.05) is 57.3 Å². The summed E-state index contributed by atoms with van der Waals surface area (Å²) in [6.45, 7) is 4.19. The van der Waals surface area contributed by atoms with Crippen molar-refractivity contribution in [3.05, 3.63) is 58.4 Å². The summed E-state index contributed by atoms with van der Waals surface area (Å²) < 4.78 is 5.09. The number of benzene rings is 1. The summed E-state index contributed by atoms with van der Waals surface area (Å²) >= 11 is 0. The third-order valence-electron chi connectivity index (χ3n) is 5.93. The fraction of sp³-hybridized carbons (Fsp3) is 0.450. The number of esters is 1. The van der Waals surface area contributed by atoms with Gasteiger partial charge in [0.2, 0.25) is 5.95 Å². The van der Waals surface area contributed by atoms with E-state index in [1.165, 1.54) is 19.2 Å². The smallest absolute Gasteiger partial charge is 0.316 e. The van der Waals surface area contributed by atoms with Crippen LogP contribution in [0.25, 0.3) is 0 Å². The van der Waals surface area contributed by atoms with Crippen molar-refractivity contribution < 1.29 is 14.5 Å². The van der Waals surface area contributed by atoms with Gasteiger partial charge in [-0.15, -0.1) is 0 Å². The Morgan fingerprint density at radius 1 is 1.21 bits per heavy atom. The molecule has 2 aromatic rings. The van der Waals surface area contributed by atoms with Crippen molar-refractivity contribution in [3.8, 4) is 0 Å². The highest BCUT2D eigenvalue weighted by Gasteiger charge is 2.62. The van der Waals surface area contributed by atoms with E-state index >= 15 is 0 Å². The fourth-order valence-corrected chi connectivity index (χ4v) is 4.23. The molecule has 1 saturated heterocycles. The lowest BCUT2D eigenvalue weighted by Crippen LogP contribution is -2.48. The fourth-order valence-electron chi connectivity index (χ4n) is 4.23. The highest BCUT2D eigenvalue weighted by atomic mass is 16.6. The molecule has 1 aliphatic heterocycles. The minimum Gasteiger partial charge on any atom is -0.468 e. The number of hydrogen-bond donors (Lipinski definition) is 0. The molecule has 0 bridgehead atoms. The summed E-state index contributed by atoms with van der Waals surface area (Å²) in [5, 5.41) is 10.9. The molecule has 2 fully saturated rings. The Bertz CT molecular complexity index is 884. The first-order valence-corrected chi connectivity index (χ1v) is 9.62. The molecule has 1 aromatic carbocycles. The topological polar surface area (TPSA) is 102 Å². The number of methoxy groups -OCH3 is 1. The number of ether oxygens (including phenoxy) is 1. The van der Waals surface area contributed by atoms with Crippen molar-refractivity contribution >= 4 is 17.6 Å². The van der Waals surface area contributed by atoms with E-state index in [2.05, 4.69) is 19.8 Å². The number of aromatic nitrogens is 2. The molecule has 0 amide bonds. The first-order valence-electron chi connectivity index (χ1n) is 9.62. The first kappa shape index (κ1) is 19.3. The summed E-state index contributed by atoms with van der Waals surface area (Å²) in [7, 11) is 1.39. The second-order valence-corrected chi connectivity index (χ2v) is 7.50. The summed E-state index contributed by atoms with van der Waals surface area (Å²) in [4.78, 5) is 36.2. The molecule has 1 aliphatic carbocycles. The van der Waals surface area contributed by atoms with Crippen LogP contribution in [-0.2, 0) is 14.9 Å². The Balaban J connectivity index is 1.41. The molecule has 2 atom stereocenters. The van der Waals surface area contributed by atoms with Crippen LogP contribution in [0.3, 0.4) is 0 Å². The molecule has 1 aromatic heterocycles. The van der Waals surface area contributed by atoms with Gasteiger partial charge in [0.15, 0.2) is 0 Å². The van der Waals surface area contributed by atoms with Crippen molar-refractivity contribution in [2.45, 2.75) is 11.8 Å². The van der Waals surface area contributed by atoms with Crippen LogP contribution in [-0.4, -0.2) is 65.6 Å². The van der Waals surface area contributed by atoms with Crippen molar-refractivity contribution in [2.75, 3.05) is 44.7 Å². The number of rotatable bonds is 6. The SMILES string of the molecule is COC(=O)C1(c2ccc([N+](=O)[O-])cc2)CC1CN1CCN(c2ncccn2)CC1. The van der Waals surface area contributed by atoms with Gasteiger partial charge in [-0.1, -0.05) is 12.1 Å². The summed E-state index contributed by atoms with van der Waals surface area (Å²) in [6.07, 6.45) is 4.18. The van der Waals surface area contributed by atoms with Crippen LogP contribution in [0.4, 0.5) is 11.6 Å². The zero-order valence-electron chi connectivity index (χ0n) is 16.2. The molecular formula is C20H23N5O4. The van der Waals surface area contributed by atoms with Gasteiger partial charge in [-0.3, -0.25) is 19.8 Å². The summed E-state index contributed by atoms with van der Waals surface area (Å²) in [5.41, 5.74) is 0.102. The zero-order valence-corrected chi connectivity index (χ0v) is 16.2. The maximum atomic E-state index is 12.6. The van der Waals surface area contributed by atoms with E-state index in [4.69, 9.17) is 4.74 Å². The monoisotopic (exact) mass is 397 g/mol. The molecule has 9 nitrogen and oxygen atoms in total. The van der Waals surface area contributed by atoms with Gasteiger partial charge in [0.1, 0.15) is 0 Å². The average molecular weight is 397 g/mol. The van der Waals surface area contributed by atoms with Crippen LogP contribution in [0, 0.1) is 16.0 Å². The number of nitro benzene ring substituents is 1. The average Bonchev–Trinajstić information content (AvgIpc) is 3.49. The van der Waals surface area contributed by atoms with E-state index in [9.17, 15) is 14.9 Å². The molecule has 29 heavy (non-hydrogen) atoms. The lowest BCUT2D eigenvalue weighted by Gasteiger charge is -2.35. The number of non-ortho nitro benzene ring substituents is 1. The maximum Gasteiger partial charge on any atom is 0.316 e. The first-order chi connectivity index (χ1) is 14.0. The van der Waals surface area contributed by atoms with Crippen molar-refractivity contribution in [1.82, 2.24) is 14.9 Å². The van der Waals surface area contributed by atoms with E-state index in [-0.39, 0.29) is 17.6 Å². The Morgan fingerprint density at radius 2 is 1.86 bits per heavy atom. The molecule has 2 aliphatic rings. The third kappa shape index (κ3) is 3.65. The van der Waals surface area contributed by atoms with E-state index in [1.807, 2.05) is 0 Å². The van der Waals surface area contributed by atoms with E-state index in [1.54, 1.807) is 30.6 Å². The Hall–Kier alpha value is -3.07. The minimum atomic E-state index is -0.705. The predicted molar refractivity (Wildman–Crippen MR) is 106 cm³/mol. The Morgan fingerprint density at radius 3 is 2.45 bits per heavy atom. The van der Waals surface area contributed by atoms with Crippen molar-refractivity contribution in [2.24, 2.45) is 5.92 Å². The van der Waals surface area contributed by atoms with Crippen LogP contribution >= 0.6 is 0 Å². The number of nitro groups is 1. The van der Waals surface area contributed by atoms with Crippen molar-refractivity contribution in [3.63, 3.8) is 0 Å². The van der Waals surface area contributed by atoms with Crippen molar-refractivity contribution in [1.29, 1.82) is 0 Å². The lowest BCUT2D eigenvalue weighted by atomic mass is 9.92. The highest BCUT2D eigenvalue weighted by Crippen LogP contribution is 2.55. The van der Waals surface area contributed by atoms with Crippen LogP contribution in [0.5, 0.6) is 0 Å². The second-order valence-electron chi connectivity index (χ2n) is 7.50. The van der Waals surface area contributed by atoms with Gasteiger partial charge in [-0.2, -0.15) is 0 Å². The number of nitrogens with zero attached hydrogens (tertiary/aromatic N) is 5. The van der Waals surface area contributed by atoms with Gasteiger partial charge < -0.3 is 9.64 Å². The molecular weight excluding hydrogens is 374 g/mol. The molecule has 0 N–H and O–H groups in total. The Kier molecular flexibility index (Phi) is 5.14. The number of anilines is 1. The molecule has 0 radical (unpaired) electrons. The molecule has 2 unspecified atom stereocenters. The molecule has 152 valence electrons. The van der Waals surface area contributed by atoms with Crippen LogP contribution in [0.2, 0.25) is 0 Å². The van der Waals surface area contributed by atoms with Gasteiger partial charge in [-0.05, 0) is 24.0 Å². The van der Waals surface area contributed by atoms with Gasteiger partial charge in [0.05, 0.1) is 17.4 Å². The number of piperazine rings is 1. The summed E-state index contributed by atoms with van der Waals surface area (Å²) in [6, 6.07) is 8.07. The molecule has 4 rings (SSSR count). The quantitative estimate of drug-likeness (QED) is 0.412. The number of hydrogen-bond acceptors (Lipinski definition) is 8. The van der Waals surface area contributed by atoms with E-state index < -0.39 is 10.3 Å². The van der Waals surface area contributed by atoms with E-state index in [0.717, 1.165) is 44.2 Å². The number of carbonyl (C=O) groups excluding carboxylic acids is 1. The van der Waals surface area contributed by atoms with Crippen LogP contribution in [0.15, 0.2) is 42.7 Å². The molecule has 1 saturated carbocycles.